The zero-order chi connectivity index (χ0) is 15.4. The Morgan fingerprint density at radius 3 is 2.52 bits per heavy atom. The van der Waals surface area contributed by atoms with Crippen LogP contribution in [0, 0.1) is 6.92 Å². The second kappa shape index (κ2) is 6.41. The molecule has 0 saturated heterocycles. The molecule has 0 saturated carbocycles. The van der Waals surface area contributed by atoms with Crippen LogP contribution in [-0.4, -0.2) is 17.0 Å². The summed E-state index contributed by atoms with van der Waals surface area (Å²) in [6.45, 7) is 1.95. The Morgan fingerprint density at radius 2 is 1.90 bits per heavy atom. The van der Waals surface area contributed by atoms with Gasteiger partial charge in [0.1, 0.15) is 0 Å². The molecule has 0 heterocycles. The number of aromatic carboxylic acids is 1. The van der Waals surface area contributed by atoms with Crippen molar-refractivity contribution in [2.45, 2.75) is 13.3 Å². The van der Waals surface area contributed by atoms with Gasteiger partial charge in [-0.3, -0.25) is 4.79 Å². The summed E-state index contributed by atoms with van der Waals surface area (Å²) < 4.78 is 0. The molecule has 21 heavy (non-hydrogen) atoms. The van der Waals surface area contributed by atoms with E-state index in [2.05, 4.69) is 5.32 Å². The van der Waals surface area contributed by atoms with Crippen LogP contribution in [0.3, 0.4) is 0 Å². The van der Waals surface area contributed by atoms with E-state index >= 15 is 0 Å². The minimum absolute atomic E-state index is 0.00793. The molecule has 0 unspecified atom stereocenters. The van der Waals surface area contributed by atoms with E-state index in [1.54, 1.807) is 0 Å². The third-order valence-corrected chi connectivity index (χ3v) is 3.41. The molecule has 2 aromatic carbocycles. The van der Waals surface area contributed by atoms with Gasteiger partial charge in [0.25, 0.3) is 0 Å². The van der Waals surface area contributed by atoms with Crippen LogP contribution >= 0.6 is 11.6 Å². The number of rotatable bonds is 4. The molecule has 0 fully saturated rings. The lowest BCUT2D eigenvalue weighted by atomic mass is 10.1. The summed E-state index contributed by atoms with van der Waals surface area (Å²) in [6, 6.07) is 12.0. The lowest BCUT2D eigenvalue weighted by Gasteiger charge is -2.08. The van der Waals surface area contributed by atoms with Crippen LogP contribution in [0.4, 0.5) is 5.69 Å². The normalized spacial score (nSPS) is 10.2. The van der Waals surface area contributed by atoms with E-state index in [1.165, 1.54) is 18.2 Å². The molecule has 0 atom stereocenters. The molecule has 0 radical (unpaired) electrons. The summed E-state index contributed by atoms with van der Waals surface area (Å²) >= 11 is 5.86. The van der Waals surface area contributed by atoms with Gasteiger partial charge in [0, 0.05) is 5.69 Å². The standard InChI is InChI=1S/C16H14ClNO3/c1-10-4-2-3-5-11(10)8-15(19)18-12-6-7-13(16(20)21)14(17)9-12/h2-7,9H,8H2,1H3,(H,18,19)(H,20,21). The van der Waals surface area contributed by atoms with Gasteiger partial charge in [0.15, 0.2) is 0 Å². The highest BCUT2D eigenvalue weighted by atomic mass is 35.5. The van der Waals surface area contributed by atoms with Crippen LogP contribution in [0.1, 0.15) is 21.5 Å². The molecule has 2 N–H and O–H groups in total. The molecule has 0 aliphatic rings. The smallest absolute Gasteiger partial charge is 0.337 e. The molecule has 4 nitrogen and oxygen atoms in total. The van der Waals surface area contributed by atoms with Gasteiger partial charge in [-0.25, -0.2) is 4.79 Å². The Hall–Kier alpha value is -2.33. The average Bonchev–Trinajstić information content (AvgIpc) is 2.41. The Balaban J connectivity index is 2.08. The number of amides is 1. The molecule has 2 aromatic rings. The fourth-order valence-electron chi connectivity index (χ4n) is 1.95. The highest BCUT2D eigenvalue weighted by Crippen LogP contribution is 2.21. The van der Waals surface area contributed by atoms with Crippen LogP contribution in [0.5, 0.6) is 0 Å². The average molecular weight is 304 g/mol. The van der Waals surface area contributed by atoms with Crippen molar-refractivity contribution >= 4 is 29.2 Å². The minimum Gasteiger partial charge on any atom is -0.478 e. The molecular weight excluding hydrogens is 290 g/mol. The molecular formula is C16H14ClNO3. The zero-order valence-electron chi connectivity index (χ0n) is 11.4. The van der Waals surface area contributed by atoms with Gasteiger partial charge < -0.3 is 10.4 Å². The maximum absolute atomic E-state index is 12.0. The van der Waals surface area contributed by atoms with Crippen molar-refractivity contribution in [2.75, 3.05) is 5.32 Å². The molecule has 0 aliphatic heterocycles. The molecule has 0 bridgehead atoms. The Labute approximate surface area is 127 Å². The van der Waals surface area contributed by atoms with Crippen LogP contribution in [0.15, 0.2) is 42.5 Å². The molecule has 0 spiro atoms. The predicted molar refractivity (Wildman–Crippen MR) is 81.9 cm³/mol. The van der Waals surface area contributed by atoms with Crippen LogP contribution in [0.25, 0.3) is 0 Å². The number of carboxylic acids is 1. The first kappa shape index (κ1) is 15.1. The van der Waals surface area contributed by atoms with Gasteiger partial charge in [-0.1, -0.05) is 35.9 Å². The maximum atomic E-state index is 12.0. The van der Waals surface area contributed by atoms with E-state index in [-0.39, 0.29) is 22.9 Å². The van der Waals surface area contributed by atoms with Crippen molar-refractivity contribution in [3.05, 3.63) is 64.2 Å². The largest absolute Gasteiger partial charge is 0.478 e. The predicted octanol–water partition coefficient (Wildman–Crippen LogP) is 3.53. The van der Waals surface area contributed by atoms with Crippen LogP contribution in [-0.2, 0) is 11.2 Å². The number of carboxylic acid groups (broad SMARTS) is 1. The number of carbonyl (C=O) groups excluding carboxylic acids is 1. The quantitative estimate of drug-likeness (QED) is 0.908. The molecule has 2 rings (SSSR count). The third kappa shape index (κ3) is 3.83. The molecule has 0 aromatic heterocycles. The van der Waals surface area contributed by atoms with Gasteiger partial charge in [0.2, 0.25) is 5.91 Å². The monoisotopic (exact) mass is 303 g/mol. The Morgan fingerprint density at radius 1 is 1.19 bits per heavy atom. The van der Waals surface area contributed by atoms with Crippen molar-refractivity contribution in [1.82, 2.24) is 0 Å². The lowest BCUT2D eigenvalue weighted by Crippen LogP contribution is -2.15. The van der Waals surface area contributed by atoms with E-state index < -0.39 is 5.97 Å². The topological polar surface area (TPSA) is 66.4 Å². The molecule has 1 amide bonds. The fraction of sp³-hybridized carbons (Fsp3) is 0.125. The van der Waals surface area contributed by atoms with E-state index in [0.717, 1.165) is 11.1 Å². The van der Waals surface area contributed by atoms with Gasteiger partial charge in [0.05, 0.1) is 17.0 Å². The summed E-state index contributed by atoms with van der Waals surface area (Å²) in [6.07, 6.45) is 0.255. The minimum atomic E-state index is -1.10. The maximum Gasteiger partial charge on any atom is 0.337 e. The Bertz CT molecular complexity index is 698. The number of anilines is 1. The van der Waals surface area contributed by atoms with Gasteiger partial charge in [-0.05, 0) is 36.2 Å². The summed E-state index contributed by atoms with van der Waals surface area (Å²) in [5.74, 6) is -1.28. The highest BCUT2D eigenvalue weighted by Gasteiger charge is 2.11. The number of benzene rings is 2. The summed E-state index contributed by atoms with van der Waals surface area (Å²) in [5.41, 5.74) is 2.48. The van der Waals surface area contributed by atoms with E-state index in [4.69, 9.17) is 16.7 Å². The number of halogens is 1. The van der Waals surface area contributed by atoms with Crippen molar-refractivity contribution in [3.8, 4) is 0 Å². The van der Waals surface area contributed by atoms with Crippen molar-refractivity contribution in [2.24, 2.45) is 0 Å². The zero-order valence-corrected chi connectivity index (χ0v) is 12.1. The molecule has 5 heteroatoms. The summed E-state index contributed by atoms with van der Waals surface area (Å²) in [4.78, 5) is 22.9. The first-order valence-electron chi connectivity index (χ1n) is 6.34. The summed E-state index contributed by atoms with van der Waals surface area (Å²) in [5, 5.41) is 11.7. The number of hydrogen-bond donors (Lipinski definition) is 2. The number of aryl methyl sites for hydroxylation is 1. The third-order valence-electron chi connectivity index (χ3n) is 3.10. The first-order valence-corrected chi connectivity index (χ1v) is 6.72. The molecule has 108 valence electrons. The van der Waals surface area contributed by atoms with Crippen molar-refractivity contribution in [3.63, 3.8) is 0 Å². The van der Waals surface area contributed by atoms with E-state index in [1.807, 2.05) is 31.2 Å². The number of carbonyl (C=O) groups is 2. The molecule has 0 aliphatic carbocycles. The van der Waals surface area contributed by atoms with Crippen molar-refractivity contribution in [1.29, 1.82) is 0 Å². The number of hydrogen-bond acceptors (Lipinski definition) is 2. The van der Waals surface area contributed by atoms with Gasteiger partial charge >= 0.3 is 5.97 Å². The van der Waals surface area contributed by atoms with Gasteiger partial charge in [-0.2, -0.15) is 0 Å². The van der Waals surface area contributed by atoms with Crippen LogP contribution < -0.4 is 5.32 Å². The lowest BCUT2D eigenvalue weighted by molar-refractivity contribution is -0.115. The first-order chi connectivity index (χ1) is 9.97. The van der Waals surface area contributed by atoms with E-state index in [9.17, 15) is 9.59 Å². The van der Waals surface area contributed by atoms with Gasteiger partial charge in [-0.15, -0.1) is 0 Å². The second-order valence-corrected chi connectivity index (χ2v) is 5.06. The SMILES string of the molecule is Cc1ccccc1CC(=O)Nc1ccc(C(=O)O)c(Cl)c1. The van der Waals surface area contributed by atoms with E-state index in [0.29, 0.717) is 5.69 Å². The fourth-order valence-corrected chi connectivity index (χ4v) is 2.21. The highest BCUT2D eigenvalue weighted by molar-refractivity contribution is 6.33. The van der Waals surface area contributed by atoms with Crippen LogP contribution in [0.2, 0.25) is 5.02 Å². The Kier molecular flexibility index (Phi) is 4.60. The number of nitrogens with one attached hydrogen (secondary N) is 1. The second-order valence-electron chi connectivity index (χ2n) is 4.65. The summed E-state index contributed by atoms with van der Waals surface area (Å²) in [7, 11) is 0. The van der Waals surface area contributed by atoms with Crippen molar-refractivity contribution < 1.29 is 14.7 Å².